The van der Waals surface area contributed by atoms with Gasteiger partial charge >= 0.3 is 0 Å². The molecule has 2 aromatic rings. The van der Waals surface area contributed by atoms with Crippen molar-refractivity contribution in [1.82, 2.24) is 15.0 Å². The van der Waals surface area contributed by atoms with Crippen molar-refractivity contribution >= 4 is 11.9 Å². The van der Waals surface area contributed by atoms with Crippen molar-refractivity contribution in [2.24, 2.45) is 0 Å². The summed E-state index contributed by atoms with van der Waals surface area (Å²) in [6, 6.07) is 7.16. The number of nitrogen functional groups attached to an aromatic ring is 1. The highest BCUT2D eigenvalue weighted by molar-refractivity contribution is 5.47. The molecule has 0 saturated heterocycles. The topological polar surface area (TPSA) is 110 Å². The van der Waals surface area contributed by atoms with Crippen LogP contribution >= 0.6 is 0 Å². The van der Waals surface area contributed by atoms with Crippen molar-refractivity contribution in [3.05, 3.63) is 35.2 Å². The first-order valence-corrected chi connectivity index (χ1v) is 7.51. The smallest absolute Gasteiger partial charge is 0.228 e. The fourth-order valence-electron chi connectivity index (χ4n) is 2.49. The molecule has 1 aromatic carbocycles. The van der Waals surface area contributed by atoms with E-state index in [1.54, 1.807) is 18.2 Å². The van der Waals surface area contributed by atoms with Crippen LogP contribution in [-0.2, 0) is 5.67 Å². The summed E-state index contributed by atoms with van der Waals surface area (Å²) in [6.07, 6.45) is 0.655. The van der Waals surface area contributed by atoms with E-state index in [1.165, 1.54) is 13.8 Å². The predicted molar refractivity (Wildman–Crippen MR) is 86.0 cm³/mol. The maximum Gasteiger partial charge on any atom is 0.228 e. The number of hydrogen-bond acceptors (Lipinski definition) is 7. The molecule has 124 valence electrons. The molecule has 0 aliphatic carbocycles. The van der Waals surface area contributed by atoms with Crippen molar-refractivity contribution in [1.29, 1.82) is 5.26 Å². The predicted octanol–water partition coefficient (Wildman–Crippen LogP) is 2.47. The summed E-state index contributed by atoms with van der Waals surface area (Å²) in [5.41, 5.74) is 5.31. The maximum atomic E-state index is 14.1. The van der Waals surface area contributed by atoms with Crippen molar-refractivity contribution in [3.8, 4) is 11.8 Å². The second kappa shape index (κ2) is 5.92. The van der Waals surface area contributed by atoms with Gasteiger partial charge in [0.05, 0.1) is 24.3 Å². The number of hydrogen-bond donors (Lipinski definition) is 2. The van der Waals surface area contributed by atoms with Crippen LogP contribution in [0.3, 0.4) is 0 Å². The van der Waals surface area contributed by atoms with Gasteiger partial charge in [0, 0.05) is 12.0 Å². The van der Waals surface area contributed by atoms with E-state index >= 15 is 0 Å². The normalized spacial score (nSPS) is 16.7. The Hall–Kier alpha value is -2.95. The molecule has 1 aliphatic heterocycles. The Bertz CT molecular complexity index is 811. The zero-order valence-corrected chi connectivity index (χ0v) is 13.4. The zero-order valence-electron chi connectivity index (χ0n) is 13.4. The van der Waals surface area contributed by atoms with Gasteiger partial charge in [-0.05, 0) is 32.0 Å². The van der Waals surface area contributed by atoms with Crippen molar-refractivity contribution in [2.45, 2.75) is 32.0 Å². The number of halogens is 1. The molecule has 2 heterocycles. The van der Waals surface area contributed by atoms with Crippen LogP contribution in [0.25, 0.3) is 0 Å². The Labute approximate surface area is 138 Å². The molecule has 1 unspecified atom stereocenters. The van der Waals surface area contributed by atoms with Crippen LogP contribution in [0, 0.1) is 11.3 Å². The third-order valence-corrected chi connectivity index (χ3v) is 3.67. The second-order valence-corrected chi connectivity index (χ2v) is 6.01. The van der Waals surface area contributed by atoms with Crippen LogP contribution in [0.2, 0.25) is 0 Å². The molecule has 3 rings (SSSR count). The number of anilines is 2. The van der Waals surface area contributed by atoms with Crippen LogP contribution in [0.15, 0.2) is 18.2 Å². The monoisotopic (exact) mass is 328 g/mol. The standard InChI is InChI=1S/C16H17FN6O/c1-16(2,17)13-21-14(19)23-15(22-13)20-11-5-6-24-12-4-3-9(8-18)7-10(11)12/h3-4,7,11H,5-6H2,1-2H3,(H3,19,20,21,22,23). The summed E-state index contributed by atoms with van der Waals surface area (Å²) in [5, 5.41) is 12.2. The minimum Gasteiger partial charge on any atom is -0.493 e. The Morgan fingerprint density at radius 3 is 2.88 bits per heavy atom. The minimum atomic E-state index is -1.73. The van der Waals surface area contributed by atoms with Crippen LogP contribution in [0.5, 0.6) is 5.75 Å². The number of ether oxygens (including phenoxy) is 1. The molecule has 24 heavy (non-hydrogen) atoms. The van der Waals surface area contributed by atoms with E-state index in [2.05, 4.69) is 26.3 Å². The second-order valence-electron chi connectivity index (χ2n) is 6.01. The van der Waals surface area contributed by atoms with Gasteiger partial charge < -0.3 is 15.8 Å². The molecular weight excluding hydrogens is 311 g/mol. The van der Waals surface area contributed by atoms with Gasteiger partial charge in [0.25, 0.3) is 0 Å². The maximum absolute atomic E-state index is 14.1. The molecule has 0 fully saturated rings. The summed E-state index contributed by atoms with van der Waals surface area (Å²) >= 11 is 0. The average Bonchev–Trinajstić information content (AvgIpc) is 2.53. The number of benzene rings is 1. The highest BCUT2D eigenvalue weighted by atomic mass is 19.1. The van der Waals surface area contributed by atoms with E-state index in [1.807, 2.05) is 0 Å². The molecule has 1 atom stereocenters. The molecule has 0 amide bonds. The molecule has 1 aliphatic rings. The number of nitrogens with one attached hydrogen (secondary N) is 1. The molecule has 7 nitrogen and oxygen atoms in total. The Morgan fingerprint density at radius 1 is 1.38 bits per heavy atom. The number of nitriles is 1. The van der Waals surface area contributed by atoms with Crippen molar-refractivity contribution in [3.63, 3.8) is 0 Å². The number of nitrogens with zero attached hydrogens (tertiary/aromatic N) is 4. The summed E-state index contributed by atoms with van der Waals surface area (Å²) in [7, 11) is 0. The van der Waals surface area contributed by atoms with Crippen LogP contribution in [0.1, 0.15) is 43.3 Å². The van der Waals surface area contributed by atoms with Crippen molar-refractivity contribution < 1.29 is 9.13 Å². The van der Waals surface area contributed by atoms with E-state index in [4.69, 9.17) is 15.7 Å². The van der Waals surface area contributed by atoms with E-state index in [9.17, 15) is 4.39 Å². The van der Waals surface area contributed by atoms with E-state index < -0.39 is 5.67 Å². The zero-order chi connectivity index (χ0) is 17.3. The van der Waals surface area contributed by atoms with Gasteiger partial charge in [0.2, 0.25) is 11.9 Å². The fourth-order valence-corrected chi connectivity index (χ4v) is 2.49. The highest BCUT2D eigenvalue weighted by Crippen LogP contribution is 2.34. The van der Waals surface area contributed by atoms with Crippen molar-refractivity contribution in [2.75, 3.05) is 17.7 Å². The van der Waals surface area contributed by atoms with Gasteiger partial charge in [0.1, 0.15) is 5.75 Å². The van der Waals surface area contributed by atoms with E-state index in [0.717, 1.165) is 5.56 Å². The summed E-state index contributed by atoms with van der Waals surface area (Å²) in [4.78, 5) is 12.0. The van der Waals surface area contributed by atoms with Gasteiger partial charge in [-0.15, -0.1) is 0 Å². The van der Waals surface area contributed by atoms with Gasteiger partial charge in [0.15, 0.2) is 11.5 Å². The molecule has 0 radical (unpaired) electrons. The van der Waals surface area contributed by atoms with E-state index in [-0.39, 0.29) is 23.8 Å². The van der Waals surface area contributed by atoms with Gasteiger partial charge in [-0.3, -0.25) is 0 Å². The molecule has 0 saturated carbocycles. The molecule has 0 spiro atoms. The fraction of sp³-hybridized carbons (Fsp3) is 0.375. The molecule has 1 aromatic heterocycles. The van der Waals surface area contributed by atoms with Crippen LogP contribution < -0.4 is 15.8 Å². The third kappa shape index (κ3) is 3.20. The number of rotatable bonds is 3. The first kappa shape index (κ1) is 15.9. The number of fused-ring (bicyclic) bond motifs is 1. The molecule has 3 N–H and O–H groups in total. The van der Waals surface area contributed by atoms with Gasteiger partial charge in [-0.1, -0.05) is 0 Å². The first-order chi connectivity index (χ1) is 11.4. The Balaban J connectivity index is 1.94. The lowest BCUT2D eigenvalue weighted by atomic mass is 9.98. The Kier molecular flexibility index (Phi) is 3.93. The van der Waals surface area contributed by atoms with Crippen LogP contribution in [0.4, 0.5) is 16.3 Å². The molecule has 8 heteroatoms. The summed E-state index contributed by atoms with van der Waals surface area (Å²) in [5.74, 6) is 0.816. The average molecular weight is 328 g/mol. The number of alkyl halides is 1. The van der Waals surface area contributed by atoms with Crippen LogP contribution in [-0.4, -0.2) is 21.6 Å². The molecular formula is C16H17FN6O. The quantitative estimate of drug-likeness (QED) is 0.890. The Morgan fingerprint density at radius 2 is 2.17 bits per heavy atom. The summed E-state index contributed by atoms with van der Waals surface area (Å²) in [6.45, 7) is 3.22. The first-order valence-electron chi connectivity index (χ1n) is 7.51. The lowest BCUT2D eigenvalue weighted by Crippen LogP contribution is -2.23. The van der Waals surface area contributed by atoms with Gasteiger partial charge in [-0.25, -0.2) is 4.39 Å². The largest absolute Gasteiger partial charge is 0.493 e. The number of aromatic nitrogens is 3. The lowest BCUT2D eigenvalue weighted by Gasteiger charge is -2.27. The minimum absolute atomic E-state index is 0.0319. The van der Waals surface area contributed by atoms with E-state index in [0.29, 0.717) is 24.3 Å². The third-order valence-electron chi connectivity index (χ3n) is 3.67. The SMILES string of the molecule is CC(C)(F)c1nc(N)nc(NC2CCOc3ccc(C#N)cc32)n1. The summed E-state index contributed by atoms with van der Waals surface area (Å²) < 4.78 is 19.7. The van der Waals surface area contributed by atoms with Gasteiger partial charge in [-0.2, -0.15) is 20.2 Å². The molecule has 0 bridgehead atoms. The number of nitrogens with two attached hydrogens (primary N) is 1. The lowest BCUT2D eigenvalue weighted by molar-refractivity contribution is 0.206. The highest BCUT2D eigenvalue weighted by Gasteiger charge is 2.26.